The van der Waals surface area contributed by atoms with Crippen molar-refractivity contribution in [1.29, 1.82) is 0 Å². The van der Waals surface area contributed by atoms with E-state index in [4.69, 9.17) is 14.5 Å². The Kier molecular flexibility index (Phi) is 5.91. The van der Waals surface area contributed by atoms with E-state index in [1.807, 2.05) is 42.5 Å². The molecule has 6 rings (SSSR count). The molecule has 0 bridgehead atoms. The average molecular weight is 493 g/mol. The summed E-state index contributed by atoms with van der Waals surface area (Å²) < 4.78 is 12.3. The van der Waals surface area contributed by atoms with Gasteiger partial charge in [-0.05, 0) is 35.4 Å². The molecule has 0 spiro atoms. The summed E-state index contributed by atoms with van der Waals surface area (Å²) in [6.45, 7) is 2.08. The third-order valence-corrected chi connectivity index (χ3v) is 7.14. The van der Waals surface area contributed by atoms with Crippen molar-refractivity contribution < 1.29 is 9.47 Å². The predicted octanol–water partition coefficient (Wildman–Crippen LogP) is 6.80. The lowest BCUT2D eigenvalue weighted by Gasteiger charge is -2.23. The molecule has 1 aromatic heterocycles. The van der Waals surface area contributed by atoms with Crippen LogP contribution in [0.2, 0.25) is 0 Å². The normalized spacial score (nSPS) is 14.2. The molecule has 4 aromatic carbocycles. The quantitative estimate of drug-likeness (QED) is 0.270. The van der Waals surface area contributed by atoms with Crippen molar-refractivity contribution in [3.8, 4) is 22.9 Å². The highest BCUT2D eigenvalue weighted by molar-refractivity contribution is 7.98. The van der Waals surface area contributed by atoms with Gasteiger partial charge in [-0.25, -0.2) is 0 Å². The Hall–Kier alpha value is -4.10. The van der Waals surface area contributed by atoms with Crippen LogP contribution in [0.25, 0.3) is 22.0 Å². The Morgan fingerprint density at radius 3 is 2.58 bits per heavy atom. The number of benzene rings is 4. The average Bonchev–Trinajstić information content (AvgIpc) is 3.08. The van der Waals surface area contributed by atoms with Crippen molar-refractivity contribution in [2.45, 2.75) is 24.1 Å². The SMILES string of the molecule is COc1ccc2ccccc2c1[C@H]1Nc2ccccc2-c2nnc(SCc3ccc(C)cc3)nc2O1. The van der Waals surface area contributed by atoms with Gasteiger partial charge in [0.2, 0.25) is 17.3 Å². The van der Waals surface area contributed by atoms with Crippen LogP contribution in [-0.2, 0) is 5.75 Å². The maximum absolute atomic E-state index is 6.57. The van der Waals surface area contributed by atoms with Gasteiger partial charge in [-0.1, -0.05) is 90.1 Å². The van der Waals surface area contributed by atoms with Gasteiger partial charge in [0, 0.05) is 17.0 Å². The minimum absolute atomic E-state index is 0.439. The van der Waals surface area contributed by atoms with Gasteiger partial charge in [0.25, 0.3) is 0 Å². The summed E-state index contributed by atoms with van der Waals surface area (Å²) in [5, 5.41) is 15.2. The topological polar surface area (TPSA) is 69.2 Å². The molecular weight excluding hydrogens is 468 g/mol. The Bertz CT molecular complexity index is 1560. The van der Waals surface area contributed by atoms with E-state index in [9.17, 15) is 0 Å². The van der Waals surface area contributed by atoms with Gasteiger partial charge in [-0.2, -0.15) is 4.98 Å². The molecule has 1 atom stereocenters. The third kappa shape index (κ3) is 4.22. The van der Waals surface area contributed by atoms with Crippen molar-refractivity contribution in [1.82, 2.24) is 15.2 Å². The number of thioether (sulfide) groups is 1. The molecule has 0 saturated heterocycles. The Morgan fingerprint density at radius 2 is 1.72 bits per heavy atom. The number of nitrogens with one attached hydrogen (secondary N) is 1. The van der Waals surface area contributed by atoms with Crippen molar-refractivity contribution in [3.63, 3.8) is 0 Å². The number of rotatable bonds is 5. The van der Waals surface area contributed by atoms with Crippen molar-refractivity contribution >= 4 is 28.2 Å². The van der Waals surface area contributed by atoms with Crippen molar-refractivity contribution in [2.75, 3.05) is 12.4 Å². The Balaban J connectivity index is 1.42. The van der Waals surface area contributed by atoms with E-state index in [0.29, 0.717) is 16.7 Å². The monoisotopic (exact) mass is 492 g/mol. The number of hydrogen-bond acceptors (Lipinski definition) is 7. The van der Waals surface area contributed by atoms with E-state index in [2.05, 4.69) is 64.9 Å². The zero-order valence-electron chi connectivity index (χ0n) is 19.9. The highest BCUT2D eigenvalue weighted by atomic mass is 32.2. The van der Waals surface area contributed by atoms with Crippen LogP contribution in [0.4, 0.5) is 5.69 Å². The maximum Gasteiger partial charge on any atom is 0.247 e. The van der Waals surface area contributed by atoms with Crippen LogP contribution in [0.5, 0.6) is 11.6 Å². The highest BCUT2D eigenvalue weighted by Gasteiger charge is 2.29. The number of nitrogens with zero attached hydrogens (tertiary/aromatic N) is 3. The van der Waals surface area contributed by atoms with Gasteiger partial charge in [-0.15, -0.1) is 10.2 Å². The number of ether oxygens (including phenoxy) is 2. The summed E-state index contributed by atoms with van der Waals surface area (Å²) in [5.74, 6) is 1.92. The molecule has 1 aliphatic heterocycles. The fourth-order valence-corrected chi connectivity index (χ4v) is 5.13. The van der Waals surface area contributed by atoms with Crippen LogP contribution >= 0.6 is 11.8 Å². The maximum atomic E-state index is 6.57. The molecule has 0 amide bonds. The fraction of sp³-hybridized carbons (Fsp3) is 0.138. The number of hydrogen-bond donors (Lipinski definition) is 1. The van der Waals surface area contributed by atoms with Gasteiger partial charge < -0.3 is 14.8 Å². The molecule has 0 aliphatic carbocycles. The first-order valence-corrected chi connectivity index (χ1v) is 12.7. The van der Waals surface area contributed by atoms with E-state index in [0.717, 1.165) is 39.1 Å². The summed E-state index contributed by atoms with van der Waals surface area (Å²) in [6, 6.07) is 28.7. The zero-order valence-corrected chi connectivity index (χ0v) is 20.8. The molecular formula is C29H24N4O2S. The molecule has 6 nitrogen and oxygen atoms in total. The van der Waals surface area contributed by atoms with Gasteiger partial charge in [0.15, 0.2) is 5.69 Å². The second-order valence-electron chi connectivity index (χ2n) is 8.61. The third-order valence-electron chi connectivity index (χ3n) is 6.23. The summed E-state index contributed by atoms with van der Waals surface area (Å²) in [7, 11) is 1.68. The second kappa shape index (κ2) is 9.51. The lowest BCUT2D eigenvalue weighted by molar-refractivity contribution is 0.221. The molecule has 0 saturated carbocycles. The largest absolute Gasteiger partial charge is 0.496 e. The molecule has 5 aromatic rings. The van der Waals surface area contributed by atoms with E-state index in [1.54, 1.807) is 7.11 Å². The van der Waals surface area contributed by atoms with E-state index in [1.165, 1.54) is 22.9 Å². The van der Waals surface area contributed by atoms with Gasteiger partial charge in [0.05, 0.1) is 12.7 Å². The minimum atomic E-state index is -0.542. The summed E-state index contributed by atoms with van der Waals surface area (Å²) in [5.41, 5.74) is 5.75. The first kappa shape index (κ1) is 22.4. The second-order valence-corrected chi connectivity index (χ2v) is 9.56. The van der Waals surface area contributed by atoms with Crippen LogP contribution in [0.1, 0.15) is 22.9 Å². The summed E-state index contributed by atoms with van der Waals surface area (Å²) in [4.78, 5) is 4.80. The van der Waals surface area contributed by atoms with Crippen LogP contribution in [0, 0.1) is 6.92 Å². The molecule has 0 fully saturated rings. The number of para-hydroxylation sites is 1. The molecule has 36 heavy (non-hydrogen) atoms. The standard InChI is InChI=1S/C29H24N4O2S/c1-18-11-13-19(14-12-18)17-36-29-31-28-26(32-33-29)22-9-5-6-10-23(22)30-27(35-28)25-21-8-4-3-7-20(21)15-16-24(25)34-2/h3-16,27,30H,17H2,1-2H3/t27-/m0/s1. The van der Waals surface area contributed by atoms with Gasteiger partial charge >= 0.3 is 0 Å². The molecule has 1 aliphatic rings. The molecule has 0 unspecified atom stereocenters. The molecule has 1 N–H and O–H groups in total. The number of aryl methyl sites for hydroxylation is 1. The van der Waals surface area contributed by atoms with Crippen molar-refractivity contribution in [2.24, 2.45) is 0 Å². The van der Waals surface area contributed by atoms with Crippen LogP contribution in [0.15, 0.2) is 90.1 Å². The first-order valence-electron chi connectivity index (χ1n) is 11.7. The van der Waals surface area contributed by atoms with E-state index < -0.39 is 6.23 Å². The fourth-order valence-electron chi connectivity index (χ4n) is 4.40. The molecule has 7 heteroatoms. The molecule has 0 radical (unpaired) electrons. The van der Waals surface area contributed by atoms with Crippen LogP contribution in [-0.4, -0.2) is 22.3 Å². The van der Waals surface area contributed by atoms with Gasteiger partial charge in [0.1, 0.15) is 5.75 Å². The first-order chi connectivity index (χ1) is 17.7. The van der Waals surface area contributed by atoms with E-state index >= 15 is 0 Å². The lowest BCUT2D eigenvalue weighted by Crippen LogP contribution is -2.18. The number of fused-ring (bicyclic) bond motifs is 4. The molecule has 178 valence electrons. The minimum Gasteiger partial charge on any atom is -0.496 e. The zero-order chi connectivity index (χ0) is 24.5. The predicted molar refractivity (Wildman–Crippen MR) is 143 cm³/mol. The smallest absolute Gasteiger partial charge is 0.247 e. The lowest BCUT2D eigenvalue weighted by atomic mass is 10.0. The van der Waals surface area contributed by atoms with Crippen LogP contribution < -0.4 is 14.8 Å². The number of aromatic nitrogens is 3. The number of anilines is 1. The van der Waals surface area contributed by atoms with Crippen molar-refractivity contribution in [3.05, 3.63) is 102 Å². The van der Waals surface area contributed by atoms with Crippen LogP contribution in [0.3, 0.4) is 0 Å². The number of methoxy groups -OCH3 is 1. The molecule has 2 heterocycles. The highest BCUT2D eigenvalue weighted by Crippen LogP contribution is 2.43. The Labute approximate surface area is 213 Å². The van der Waals surface area contributed by atoms with Gasteiger partial charge in [-0.3, -0.25) is 0 Å². The van der Waals surface area contributed by atoms with E-state index in [-0.39, 0.29) is 0 Å². The summed E-state index contributed by atoms with van der Waals surface area (Å²) >= 11 is 1.54. The Morgan fingerprint density at radius 1 is 0.917 bits per heavy atom. The summed E-state index contributed by atoms with van der Waals surface area (Å²) in [6.07, 6.45) is -0.542.